The Morgan fingerprint density at radius 3 is 2.70 bits per heavy atom. The Morgan fingerprint density at radius 2 is 2.13 bits per heavy atom. The van der Waals surface area contributed by atoms with Gasteiger partial charge in [0.2, 0.25) is 0 Å². The number of guanidine groups is 1. The average molecular weight is 452 g/mol. The molecule has 8 heteroatoms. The van der Waals surface area contributed by atoms with Crippen LogP contribution in [0.3, 0.4) is 0 Å². The summed E-state index contributed by atoms with van der Waals surface area (Å²) < 4.78 is 5.13. The highest BCUT2D eigenvalue weighted by molar-refractivity contribution is 14.0. The molecule has 3 aliphatic heterocycles. The van der Waals surface area contributed by atoms with E-state index in [0.29, 0.717) is 22.8 Å². The molecule has 3 aliphatic rings. The Labute approximate surface area is 159 Å². The van der Waals surface area contributed by atoms with Gasteiger partial charge in [-0.25, -0.2) is 0 Å². The number of hydrogen-bond acceptors (Lipinski definition) is 4. The summed E-state index contributed by atoms with van der Waals surface area (Å²) in [6.45, 7) is 6.45. The van der Waals surface area contributed by atoms with Crippen LogP contribution >= 0.6 is 35.6 Å². The summed E-state index contributed by atoms with van der Waals surface area (Å²) in [6.07, 6.45) is 0. The predicted molar refractivity (Wildman–Crippen MR) is 105 cm³/mol. The van der Waals surface area contributed by atoms with Crippen LogP contribution in [0.4, 0.5) is 5.69 Å². The molecule has 6 nitrogen and oxygen atoms in total. The highest BCUT2D eigenvalue weighted by Gasteiger charge is 2.31. The molecule has 2 bridgehead atoms. The Bertz CT molecular complexity index is 563. The van der Waals surface area contributed by atoms with Crippen LogP contribution in [0.1, 0.15) is 0 Å². The van der Waals surface area contributed by atoms with Gasteiger partial charge in [0, 0.05) is 44.5 Å². The van der Waals surface area contributed by atoms with Crippen LogP contribution in [-0.4, -0.2) is 68.2 Å². The molecular formula is C15H23ClIN5O. The SMILES string of the molecule is COc1ccc(NC(N)=NCC2CN3CCN2CC3)cc1Cl.I. The van der Waals surface area contributed by atoms with E-state index in [4.69, 9.17) is 22.1 Å². The monoisotopic (exact) mass is 451 g/mol. The number of piperazine rings is 3. The van der Waals surface area contributed by atoms with Crippen molar-refractivity contribution >= 4 is 47.2 Å². The van der Waals surface area contributed by atoms with Gasteiger partial charge in [-0.3, -0.25) is 14.8 Å². The van der Waals surface area contributed by atoms with E-state index in [1.807, 2.05) is 6.07 Å². The molecular weight excluding hydrogens is 429 g/mol. The van der Waals surface area contributed by atoms with E-state index in [0.717, 1.165) is 31.9 Å². The first-order chi connectivity index (χ1) is 10.7. The zero-order chi connectivity index (χ0) is 15.5. The second-order valence-electron chi connectivity index (χ2n) is 5.69. The third kappa shape index (κ3) is 4.62. The number of rotatable bonds is 4. The molecule has 3 N–H and O–H groups in total. The first-order valence-electron chi connectivity index (χ1n) is 7.52. The highest BCUT2D eigenvalue weighted by Crippen LogP contribution is 2.27. The quantitative estimate of drug-likeness (QED) is 0.414. The van der Waals surface area contributed by atoms with E-state index < -0.39 is 0 Å². The number of aliphatic imine (C=N–C) groups is 1. The van der Waals surface area contributed by atoms with Crippen molar-refractivity contribution in [3.05, 3.63) is 23.2 Å². The minimum Gasteiger partial charge on any atom is -0.495 e. The summed E-state index contributed by atoms with van der Waals surface area (Å²) in [6, 6.07) is 5.92. The minimum atomic E-state index is 0. The largest absolute Gasteiger partial charge is 0.495 e. The van der Waals surface area contributed by atoms with Crippen molar-refractivity contribution in [3.63, 3.8) is 0 Å². The van der Waals surface area contributed by atoms with Crippen LogP contribution < -0.4 is 15.8 Å². The van der Waals surface area contributed by atoms with Crippen molar-refractivity contribution in [2.75, 3.05) is 51.7 Å². The van der Waals surface area contributed by atoms with E-state index in [1.165, 1.54) is 13.1 Å². The molecule has 0 aliphatic carbocycles. The fourth-order valence-corrected chi connectivity index (χ4v) is 3.29. The maximum atomic E-state index is 6.10. The van der Waals surface area contributed by atoms with Gasteiger partial charge in [0.1, 0.15) is 5.75 Å². The molecule has 1 aromatic rings. The summed E-state index contributed by atoms with van der Waals surface area (Å²) in [5, 5.41) is 3.62. The normalized spacial score (nSPS) is 26.5. The number of nitrogens with two attached hydrogens (primary N) is 1. The summed E-state index contributed by atoms with van der Waals surface area (Å²) in [4.78, 5) is 9.47. The van der Waals surface area contributed by atoms with Crippen molar-refractivity contribution < 1.29 is 4.74 Å². The van der Waals surface area contributed by atoms with Crippen LogP contribution in [0, 0.1) is 0 Å². The van der Waals surface area contributed by atoms with Gasteiger partial charge in [-0.2, -0.15) is 0 Å². The van der Waals surface area contributed by atoms with Crippen LogP contribution in [-0.2, 0) is 0 Å². The van der Waals surface area contributed by atoms with Gasteiger partial charge in [-0.05, 0) is 18.2 Å². The van der Waals surface area contributed by atoms with E-state index >= 15 is 0 Å². The minimum absolute atomic E-state index is 0. The van der Waals surface area contributed by atoms with Gasteiger partial charge < -0.3 is 15.8 Å². The third-order valence-corrected chi connectivity index (χ3v) is 4.58. The Balaban J connectivity index is 0.00000192. The molecule has 1 unspecified atom stereocenters. The van der Waals surface area contributed by atoms with Crippen molar-refractivity contribution in [2.24, 2.45) is 10.7 Å². The van der Waals surface area contributed by atoms with Gasteiger partial charge in [-0.15, -0.1) is 24.0 Å². The van der Waals surface area contributed by atoms with Crippen LogP contribution in [0.15, 0.2) is 23.2 Å². The van der Waals surface area contributed by atoms with E-state index in [2.05, 4.69) is 20.1 Å². The smallest absolute Gasteiger partial charge is 0.193 e. The number of fused-ring (bicyclic) bond motifs is 3. The lowest BCUT2D eigenvalue weighted by Gasteiger charge is -2.47. The van der Waals surface area contributed by atoms with E-state index in [9.17, 15) is 0 Å². The molecule has 0 spiro atoms. The number of methoxy groups -OCH3 is 1. The number of nitrogens with one attached hydrogen (secondary N) is 1. The average Bonchev–Trinajstić information content (AvgIpc) is 2.54. The van der Waals surface area contributed by atoms with Gasteiger partial charge >= 0.3 is 0 Å². The van der Waals surface area contributed by atoms with Gasteiger partial charge in [-0.1, -0.05) is 11.6 Å². The first-order valence-corrected chi connectivity index (χ1v) is 7.90. The molecule has 0 aromatic heterocycles. The molecule has 4 rings (SSSR count). The molecule has 128 valence electrons. The fraction of sp³-hybridized carbons (Fsp3) is 0.533. The molecule has 1 aromatic carbocycles. The number of anilines is 1. The zero-order valence-electron chi connectivity index (χ0n) is 13.2. The predicted octanol–water partition coefficient (Wildman–Crippen LogP) is 1.69. The third-order valence-electron chi connectivity index (χ3n) is 4.29. The topological polar surface area (TPSA) is 66.1 Å². The standard InChI is InChI=1S/C15H22ClN5O.HI/c1-22-14-3-2-11(8-13(14)16)19-15(17)18-9-12-10-20-4-6-21(12)7-5-20;/h2-3,8,12H,4-7,9-10H2,1H3,(H3,17,18,19);1H. The summed E-state index contributed by atoms with van der Waals surface area (Å²) >= 11 is 6.10. The summed E-state index contributed by atoms with van der Waals surface area (Å²) in [7, 11) is 1.59. The van der Waals surface area contributed by atoms with Gasteiger partial charge in [0.05, 0.1) is 18.7 Å². The first kappa shape index (κ1) is 18.6. The molecule has 0 amide bonds. The number of halogens is 2. The molecule has 3 saturated heterocycles. The second-order valence-corrected chi connectivity index (χ2v) is 6.10. The number of ether oxygens (including phenoxy) is 1. The second kappa shape index (κ2) is 8.36. The number of benzene rings is 1. The maximum Gasteiger partial charge on any atom is 0.193 e. The lowest BCUT2D eigenvalue weighted by atomic mass is 10.1. The Kier molecular flexibility index (Phi) is 6.75. The summed E-state index contributed by atoms with van der Waals surface area (Å²) in [5.74, 6) is 1.06. The van der Waals surface area contributed by atoms with Crippen molar-refractivity contribution in [1.29, 1.82) is 0 Å². The van der Waals surface area contributed by atoms with Gasteiger partial charge in [0.15, 0.2) is 5.96 Å². The van der Waals surface area contributed by atoms with E-state index in [-0.39, 0.29) is 24.0 Å². The fourth-order valence-electron chi connectivity index (χ4n) is 3.03. The van der Waals surface area contributed by atoms with Crippen molar-refractivity contribution in [2.45, 2.75) is 6.04 Å². The van der Waals surface area contributed by atoms with Crippen LogP contribution in [0.25, 0.3) is 0 Å². The highest BCUT2D eigenvalue weighted by atomic mass is 127. The molecule has 23 heavy (non-hydrogen) atoms. The van der Waals surface area contributed by atoms with Crippen molar-refractivity contribution in [3.8, 4) is 5.75 Å². The van der Waals surface area contributed by atoms with Crippen LogP contribution in [0.2, 0.25) is 5.02 Å². The van der Waals surface area contributed by atoms with E-state index in [1.54, 1.807) is 19.2 Å². The molecule has 0 saturated carbocycles. The molecule has 0 radical (unpaired) electrons. The van der Waals surface area contributed by atoms with Gasteiger partial charge in [0.25, 0.3) is 0 Å². The maximum absolute atomic E-state index is 6.10. The molecule has 1 atom stereocenters. The number of hydrogen-bond donors (Lipinski definition) is 2. The molecule has 3 heterocycles. The Hall–Kier alpha value is -0.770. The molecule has 3 fully saturated rings. The zero-order valence-corrected chi connectivity index (χ0v) is 16.3. The Morgan fingerprint density at radius 1 is 1.39 bits per heavy atom. The van der Waals surface area contributed by atoms with Crippen LogP contribution in [0.5, 0.6) is 5.75 Å². The summed E-state index contributed by atoms with van der Waals surface area (Å²) in [5.41, 5.74) is 6.78. The van der Waals surface area contributed by atoms with Crippen molar-refractivity contribution in [1.82, 2.24) is 9.80 Å². The number of nitrogens with zero attached hydrogens (tertiary/aromatic N) is 3. The lowest BCUT2D eigenvalue weighted by Crippen LogP contribution is -2.61. The lowest BCUT2D eigenvalue weighted by molar-refractivity contribution is 0.0174.